The van der Waals surface area contributed by atoms with Crippen LogP contribution < -0.4 is 10.2 Å². The third kappa shape index (κ3) is 4.89. The molecule has 1 atom stereocenters. The summed E-state index contributed by atoms with van der Waals surface area (Å²) in [6, 6.07) is 4.54. The first kappa shape index (κ1) is 16.6. The third-order valence-electron chi connectivity index (χ3n) is 3.80. The van der Waals surface area contributed by atoms with Gasteiger partial charge in [-0.15, -0.1) is 0 Å². The summed E-state index contributed by atoms with van der Waals surface area (Å²) in [4.78, 5) is 7.36. The van der Waals surface area contributed by atoms with E-state index >= 15 is 0 Å². The highest BCUT2D eigenvalue weighted by Crippen LogP contribution is 2.25. The second-order valence-electron chi connectivity index (χ2n) is 6.22. The second-order valence-corrected chi connectivity index (χ2v) is 7.76. The average molecular weight is 308 g/mol. The number of anilines is 1. The largest absolute Gasteiger partial charge is 0.355 e. The van der Waals surface area contributed by atoms with Gasteiger partial charge in [0.05, 0.1) is 0 Å². The van der Waals surface area contributed by atoms with E-state index in [4.69, 9.17) is 4.98 Å². The van der Waals surface area contributed by atoms with Gasteiger partial charge in [0.1, 0.15) is 5.82 Å². The van der Waals surface area contributed by atoms with Gasteiger partial charge in [-0.25, -0.2) is 4.98 Å². The van der Waals surface area contributed by atoms with Crippen LogP contribution in [0.5, 0.6) is 0 Å². The van der Waals surface area contributed by atoms with E-state index in [2.05, 4.69) is 61.8 Å². The smallest absolute Gasteiger partial charge is 0.129 e. The van der Waals surface area contributed by atoms with Crippen LogP contribution in [0, 0.1) is 0 Å². The van der Waals surface area contributed by atoms with Gasteiger partial charge in [-0.2, -0.15) is 11.8 Å². The van der Waals surface area contributed by atoms with Gasteiger partial charge in [0.2, 0.25) is 0 Å². The van der Waals surface area contributed by atoms with E-state index in [1.807, 2.05) is 0 Å². The fourth-order valence-corrected chi connectivity index (χ4v) is 3.60. The molecule has 0 spiro atoms. The van der Waals surface area contributed by atoms with Crippen molar-refractivity contribution in [3.05, 3.63) is 23.4 Å². The quantitative estimate of drug-likeness (QED) is 0.812. The van der Waals surface area contributed by atoms with Crippen LogP contribution in [0.25, 0.3) is 0 Å². The molecule has 1 aromatic rings. The minimum atomic E-state index is 0.478. The van der Waals surface area contributed by atoms with Gasteiger partial charge in [-0.05, 0) is 36.6 Å². The molecule has 0 saturated carbocycles. The summed E-state index contributed by atoms with van der Waals surface area (Å²) in [7, 11) is 0. The van der Waals surface area contributed by atoms with E-state index in [9.17, 15) is 0 Å². The molecule has 1 unspecified atom stereocenters. The lowest BCUT2D eigenvalue weighted by atomic mass is 10.1. The molecule has 4 heteroatoms. The number of aromatic nitrogens is 1. The van der Waals surface area contributed by atoms with Crippen molar-refractivity contribution in [2.45, 2.75) is 51.8 Å². The Morgan fingerprint density at radius 2 is 2.24 bits per heavy atom. The van der Waals surface area contributed by atoms with Gasteiger partial charge < -0.3 is 10.2 Å². The molecule has 118 valence electrons. The van der Waals surface area contributed by atoms with E-state index in [1.165, 1.54) is 29.2 Å². The fraction of sp³-hybridized carbons (Fsp3) is 0.706. The van der Waals surface area contributed by atoms with E-state index < -0.39 is 0 Å². The Kier molecular flexibility index (Phi) is 6.37. The first-order chi connectivity index (χ1) is 10.1. The minimum Gasteiger partial charge on any atom is -0.355 e. The molecule has 1 aromatic heterocycles. The molecule has 0 aliphatic carbocycles. The highest BCUT2D eigenvalue weighted by Gasteiger charge is 2.19. The summed E-state index contributed by atoms with van der Waals surface area (Å²) in [5, 5.41) is 4.21. The predicted octanol–water partition coefficient (Wildman–Crippen LogP) is 3.65. The topological polar surface area (TPSA) is 28.2 Å². The number of hydrogen-bond donors (Lipinski definition) is 1. The van der Waals surface area contributed by atoms with Crippen LogP contribution in [-0.4, -0.2) is 35.6 Å². The lowest BCUT2D eigenvalue weighted by Crippen LogP contribution is -2.37. The van der Waals surface area contributed by atoms with Crippen LogP contribution >= 0.6 is 11.8 Å². The molecule has 2 rings (SSSR count). The molecule has 21 heavy (non-hydrogen) atoms. The summed E-state index contributed by atoms with van der Waals surface area (Å²) >= 11 is 2.07. The Labute approximate surface area is 133 Å². The number of nitrogens with one attached hydrogen (secondary N) is 1. The maximum atomic E-state index is 4.91. The molecular formula is C17H29N3S. The highest BCUT2D eigenvalue weighted by molar-refractivity contribution is 8.00. The number of hydrogen-bond acceptors (Lipinski definition) is 4. The van der Waals surface area contributed by atoms with E-state index in [-0.39, 0.29) is 0 Å². The standard InChI is InChI=1S/C17H29N3S/c1-5-6-18-11-15-9-16(13(2)3)19-17(10-15)20-7-8-21-14(4)12-20/h9-10,13-14,18H,5-8,11-12H2,1-4H3. The van der Waals surface area contributed by atoms with E-state index in [0.717, 1.165) is 26.2 Å². The van der Waals surface area contributed by atoms with Crippen LogP contribution in [0.15, 0.2) is 12.1 Å². The second kappa shape index (κ2) is 8.04. The highest BCUT2D eigenvalue weighted by atomic mass is 32.2. The molecule has 0 aromatic carbocycles. The van der Waals surface area contributed by atoms with E-state index in [0.29, 0.717) is 11.2 Å². The Balaban J connectivity index is 2.18. The zero-order valence-corrected chi connectivity index (χ0v) is 14.7. The molecule has 3 nitrogen and oxygen atoms in total. The van der Waals surface area contributed by atoms with Gasteiger partial charge in [0.15, 0.2) is 0 Å². The maximum Gasteiger partial charge on any atom is 0.129 e. The summed E-state index contributed by atoms with van der Waals surface area (Å²) in [6.07, 6.45) is 1.18. The summed E-state index contributed by atoms with van der Waals surface area (Å²) in [5.41, 5.74) is 2.58. The van der Waals surface area contributed by atoms with Crippen molar-refractivity contribution in [1.82, 2.24) is 10.3 Å². The summed E-state index contributed by atoms with van der Waals surface area (Å²) in [5.74, 6) is 2.85. The molecule has 1 fully saturated rings. The normalized spacial score (nSPS) is 19.3. The molecule has 2 heterocycles. The molecule has 0 amide bonds. The molecule has 0 radical (unpaired) electrons. The average Bonchev–Trinajstić information content (AvgIpc) is 2.47. The first-order valence-corrected chi connectivity index (χ1v) is 9.23. The van der Waals surface area contributed by atoms with Crippen molar-refractivity contribution in [3.8, 4) is 0 Å². The van der Waals surface area contributed by atoms with Crippen molar-refractivity contribution in [2.24, 2.45) is 0 Å². The van der Waals surface area contributed by atoms with Crippen LogP contribution in [0.3, 0.4) is 0 Å². The van der Waals surface area contributed by atoms with Crippen molar-refractivity contribution in [2.75, 3.05) is 30.3 Å². The Morgan fingerprint density at radius 1 is 1.43 bits per heavy atom. The zero-order valence-electron chi connectivity index (χ0n) is 13.9. The SMILES string of the molecule is CCCNCc1cc(C(C)C)nc(N2CCSC(C)C2)c1. The fourth-order valence-electron chi connectivity index (χ4n) is 2.59. The molecule has 1 aliphatic heterocycles. The molecule has 1 N–H and O–H groups in total. The van der Waals surface area contributed by atoms with Crippen molar-refractivity contribution < 1.29 is 0 Å². The van der Waals surface area contributed by atoms with Crippen molar-refractivity contribution >= 4 is 17.6 Å². The lowest BCUT2D eigenvalue weighted by molar-refractivity contribution is 0.671. The molecular weight excluding hydrogens is 278 g/mol. The van der Waals surface area contributed by atoms with Gasteiger partial charge >= 0.3 is 0 Å². The molecule has 1 saturated heterocycles. The zero-order chi connectivity index (χ0) is 15.2. The van der Waals surface area contributed by atoms with Gasteiger partial charge in [-0.1, -0.05) is 27.7 Å². The van der Waals surface area contributed by atoms with Crippen LogP contribution in [0.1, 0.15) is 51.3 Å². The van der Waals surface area contributed by atoms with Crippen LogP contribution in [-0.2, 0) is 6.54 Å². The van der Waals surface area contributed by atoms with Gasteiger partial charge in [0, 0.05) is 36.3 Å². The van der Waals surface area contributed by atoms with Gasteiger partial charge in [0.25, 0.3) is 0 Å². The number of thioether (sulfide) groups is 1. The molecule has 0 bridgehead atoms. The maximum absolute atomic E-state index is 4.91. The lowest BCUT2D eigenvalue weighted by Gasteiger charge is -2.32. The van der Waals surface area contributed by atoms with Crippen molar-refractivity contribution in [1.29, 1.82) is 0 Å². The Morgan fingerprint density at radius 3 is 2.90 bits per heavy atom. The van der Waals surface area contributed by atoms with Crippen molar-refractivity contribution in [3.63, 3.8) is 0 Å². The van der Waals surface area contributed by atoms with E-state index in [1.54, 1.807) is 0 Å². The third-order valence-corrected chi connectivity index (χ3v) is 4.94. The summed E-state index contributed by atoms with van der Waals surface area (Å²) in [6.45, 7) is 13.2. The number of pyridine rings is 1. The monoisotopic (exact) mass is 307 g/mol. The van der Waals surface area contributed by atoms with Gasteiger partial charge in [-0.3, -0.25) is 0 Å². The Bertz CT molecular complexity index is 448. The number of rotatable bonds is 6. The Hall–Kier alpha value is -0.740. The van der Waals surface area contributed by atoms with Crippen LogP contribution in [0.4, 0.5) is 5.82 Å². The molecule has 1 aliphatic rings. The minimum absolute atomic E-state index is 0.478. The van der Waals surface area contributed by atoms with Crippen LogP contribution in [0.2, 0.25) is 0 Å². The summed E-state index contributed by atoms with van der Waals surface area (Å²) < 4.78 is 0. The first-order valence-electron chi connectivity index (χ1n) is 8.18. The predicted molar refractivity (Wildman–Crippen MR) is 94.5 cm³/mol. The number of nitrogens with zero attached hydrogens (tertiary/aromatic N) is 2.